The van der Waals surface area contributed by atoms with Gasteiger partial charge in [0.15, 0.2) is 5.82 Å². The van der Waals surface area contributed by atoms with Gasteiger partial charge in [0, 0.05) is 16.7 Å². The van der Waals surface area contributed by atoms with Crippen LogP contribution in [0.1, 0.15) is 17.0 Å². The number of nitrogens with zero attached hydrogens (tertiary/aromatic N) is 2. The first kappa shape index (κ1) is 13.1. The first-order valence-corrected chi connectivity index (χ1v) is 6.32. The van der Waals surface area contributed by atoms with Gasteiger partial charge in [0.1, 0.15) is 5.82 Å². The van der Waals surface area contributed by atoms with Crippen LogP contribution in [0.5, 0.6) is 0 Å². The number of nitrogens with two attached hydrogens (primary N) is 1. The summed E-state index contributed by atoms with van der Waals surface area (Å²) in [6, 6.07) is 4.82. The second-order valence-electron chi connectivity index (χ2n) is 4.03. The molecule has 0 spiro atoms. The fourth-order valence-electron chi connectivity index (χ4n) is 1.68. The second-order valence-corrected chi connectivity index (χ2v) is 4.95. The predicted molar refractivity (Wildman–Crippen MR) is 72.5 cm³/mol. The van der Waals surface area contributed by atoms with E-state index in [1.807, 2.05) is 13.8 Å². The molecule has 94 valence electrons. The van der Waals surface area contributed by atoms with Gasteiger partial charge in [-0.15, -0.1) is 0 Å². The third-order valence-corrected chi connectivity index (χ3v) is 3.35. The molecule has 2 aromatic rings. The van der Waals surface area contributed by atoms with Crippen molar-refractivity contribution in [3.63, 3.8) is 0 Å². The summed E-state index contributed by atoms with van der Waals surface area (Å²) in [5.41, 5.74) is 8.55. The highest BCUT2D eigenvalue weighted by atomic mass is 79.9. The summed E-state index contributed by atoms with van der Waals surface area (Å²) in [5.74, 6) is 0.0270. The molecule has 18 heavy (non-hydrogen) atoms. The molecule has 1 aromatic heterocycles. The Labute approximate surface area is 113 Å². The van der Waals surface area contributed by atoms with Crippen LogP contribution in [0, 0.1) is 19.7 Å². The van der Waals surface area contributed by atoms with Crippen LogP contribution in [0.3, 0.4) is 0 Å². The first-order chi connectivity index (χ1) is 8.52. The minimum absolute atomic E-state index is 0.320. The smallest absolute Gasteiger partial charge is 0.162 e. The lowest BCUT2D eigenvalue weighted by Gasteiger charge is -2.09. The molecule has 0 saturated carbocycles. The predicted octanol–water partition coefficient (Wildman–Crippen LogP) is 3.12. The average Bonchev–Trinajstić information content (AvgIpc) is 2.32. The zero-order valence-corrected chi connectivity index (χ0v) is 11.8. The lowest BCUT2D eigenvalue weighted by molar-refractivity contribution is 0.628. The highest BCUT2D eigenvalue weighted by molar-refractivity contribution is 9.10. The highest BCUT2D eigenvalue weighted by Gasteiger charge is 2.12. The quantitative estimate of drug-likeness (QED) is 0.927. The molecule has 1 aromatic carbocycles. The molecule has 0 aliphatic rings. The average molecular weight is 310 g/mol. The van der Waals surface area contributed by atoms with Crippen molar-refractivity contribution in [2.75, 3.05) is 0 Å². The van der Waals surface area contributed by atoms with Crippen molar-refractivity contribution >= 4 is 15.9 Å². The van der Waals surface area contributed by atoms with Gasteiger partial charge in [-0.25, -0.2) is 14.4 Å². The molecule has 2 rings (SSSR count). The van der Waals surface area contributed by atoms with Crippen molar-refractivity contribution in [1.29, 1.82) is 0 Å². The fraction of sp³-hybridized carbons (Fsp3) is 0.231. The van der Waals surface area contributed by atoms with Gasteiger partial charge in [-0.1, -0.05) is 15.9 Å². The van der Waals surface area contributed by atoms with Gasteiger partial charge >= 0.3 is 0 Å². The Bertz CT molecular complexity index is 599. The van der Waals surface area contributed by atoms with Crippen molar-refractivity contribution in [1.82, 2.24) is 9.97 Å². The summed E-state index contributed by atoms with van der Waals surface area (Å²) >= 11 is 3.22. The largest absolute Gasteiger partial charge is 0.325 e. The number of aryl methyl sites for hydroxylation is 1. The molecule has 0 aliphatic heterocycles. The van der Waals surface area contributed by atoms with E-state index in [-0.39, 0.29) is 5.82 Å². The third-order valence-electron chi connectivity index (χ3n) is 2.86. The van der Waals surface area contributed by atoms with Gasteiger partial charge in [-0.05, 0) is 37.6 Å². The molecular weight excluding hydrogens is 297 g/mol. The normalized spacial score (nSPS) is 10.7. The SMILES string of the molecule is Cc1nc(-c2ccc(Br)cc2F)nc(CN)c1C. The maximum Gasteiger partial charge on any atom is 0.162 e. The van der Waals surface area contributed by atoms with Crippen LogP contribution in [0.2, 0.25) is 0 Å². The number of hydrogen-bond donors (Lipinski definition) is 1. The molecule has 5 heteroatoms. The number of benzene rings is 1. The number of aromatic nitrogens is 2. The number of rotatable bonds is 2. The summed E-state index contributed by atoms with van der Waals surface area (Å²) in [5, 5.41) is 0. The van der Waals surface area contributed by atoms with Crippen LogP contribution in [-0.2, 0) is 6.54 Å². The number of hydrogen-bond acceptors (Lipinski definition) is 3. The topological polar surface area (TPSA) is 51.8 Å². The van der Waals surface area contributed by atoms with Crippen molar-refractivity contribution in [3.8, 4) is 11.4 Å². The molecule has 0 fully saturated rings. The second kappa shape index (κ2) is 5.12. The summed E-state index contributed by atoms with van der Waals surface area (Å²) in [4.78, 5) is 8.64. The monoisotopic (exact) mass is 309 g/mol. The van der Waals surface area contributed by atoms with E-state index < -0.39 is 0 Å². The molecule has 0 bridgehead atoms. The van der Waals surface area contributed by atoms with E-state index >= 15 is 0 Å². The van der Waals surface area contributed by atoms with E-state index in [0.29, 0.717) is 22.4 Å². The summed E-state index contributed by atoms with van der Waals surface area (Å²) < 4.78 is 14.5. The van der Waals surface area contributed by atoms with Gasteiger partial charge in [0.05, 0.1) is 11.3 Å². The first-order valence-electron chi connectivity index (χ1n) is 5.52. The summed E-state index contributed by atoms with van der Waals surface area (Å²) in [6.07, 6.45) is 0. The third kappa shape index (κ3) is 2.42. The van der Waals surface area contributed by atoms with E-state index in [4.69, 9.17) is 5.73 Å². The Morgan fingerprint density at radius 3 is 2.61 bits per heavy atom. The van der Waals surface area contributed by atoms with Crippen molar-refractivity contribution in [2.45, 2.75) is 20.4 Å². The molecule has 0 aliphatic carbocycles. The van der Waals surface area contributed by atoms with Gasteiger partial charge < -0.3 is 5.73 Å². The minimum atomic E-state index is -0.351. The molecule has 0 saturated heterocycles. The zero-order valence-electron chi connectivity index (χ0n) is 10.2. The summed E-state index contributed by atoms with van der Waals surface area (Å²) in [6.45, 7) is 4.11. The lowest BCUT2D eigenvalue weighted by atomic mass is 10.1. The Hall–Kier alpha value is -1.33. The van der Waals surface area contributed by atoms with Gasteiger partial charge in [-0.3, -0.25) is 0 Å². The number of halogens is 2. The molecule has 0 atom stereocenters. The van der Waals surface area contributed by atoms with Crippen LogP contribution in [0.4, 0.5) is 4.39 Å². The van der Waals surface area contributed by atoms with Crippen LogP contribution in [-0.4, -0.2) is 9.97 Å². The van der Waals surface area contributed by atoms with Crippen molar-refractivity contribution in [3.05, 3.63) is 45.4 Å². The molecular formula is C13H13BrFN3. The van der Waals surface area contributed by atoms with Gasteiger partial charge in [0.25, 0.3) is 0 Å². The molecule has 0 unspecified atom stereocenters. The van der Waals surface area contributed by atoms with Crippen molar-refractivity contribution in [2.24, 2.45) is 5.73 Å². The maximum atomic E-state index is 13.9. The fourth-order valence-corrected chi connectivity index (χ4v) is 2.01. The van der Waals surface area contributed by atoms with Crippen LogP contribution >= 0.6 is 15.9 Å². The Morgan fingerprint density at radius 2 is 2.00 bits per heavy atom. The summed E-state index contributed by atoms with van der Waals surface area (Å²) in [7, 11) is 0. The highest BCUT2D eigenvalue weighted by Crippen LogP contribution is 2.24. The van der Waals surface area contributed by atoms with Crippen LogP contribution in [0.25, 0.3) is 11.4 Å². The van der Waals surface area contributed by atoms with Gasteiger partial charge in [-0.2, -0.15) is 0 Å². The Balaban J connectivity index is 2.60. The molecule has 3 nitrogen and oxygen atoms in total. The maximum absolute atomic E-state index is 13.9. The Kier molecular flexibility index (Phi) is 3.73. The van der Waals surface area contributed by atoms with E-state index in [9.17, 15) is 4.39 Å². The Morgan fingerprint density at radius 1 is 1.28 bits per heavy atom. The standard InChI is InChI=1S/C13H13BrFN3/c1-7-8(2)17-13(18-12(7)6-16)10-4-3-9(14)5-11(10)15/h3-5H,6,16H2,1-2H3. The van der Waals surface area contributed by atoms with Crippen LogP contribution in [0.15, 0.2) is 22.7 Å². The van der Waals surface area contributed by atoms with E-state index in [1.165, 1.54) is 6.07 Å². The van der Waals surface area contributed by atoms with Gasteiger partial charge in [0.2, 0.25) is 0 Å². The van der Waals surface area contributed by atoms with Crippen molar-refractivity contribution < 1.29 is 4.39 Å². The van der Waals surface area contributed by atoms with E-state index in [0.717, 1.165) is 17.0 Å². The molecule has 0 amide bonds. The molecule has 0 radical (unpaired) electrons. The molecule has 2 N–H and O–H groups in total. The zero-order chi connectivity index (χ0) is 13.3. The van der Waals surface area contributed by atoms with Crippen LogP contribution < -0.4 is 5.73 Å². The lowest BCUT2D eigenvalue weighted by Crippen LogP contribution is -2.07. The minimum Gasteiger partial charge on any atom is -0.325 e. The van der Waals surface area contributed by atoms with E-state index in [1.54, 1.807) is 12.1 Å². The molecule has 1 heterocycles. The van der Waals surface area contributed by atoms with E-state index in [2.05, 4.69) is 25.9 Å².